The smallest absolute Gasteiger partial charge is 0.242 e. The van der Waals surface area contributed by atoms with Crippen LogP contribution in [0.3, 0.4) is 0 Å². The van der Waals surface area contributed by atoms with Crippen LogP contribution in [0.5, 0.6) is 0 Å². The monoisotopic (exact) mass is 555 g/mol. The Morgan fingerprint density at radius 3 is 2.28 bits per heavy atom. The molecule has 2 amide bonds. The number of amides is 2. The Bertz CT molecular complexity index is 1140. The molecule has 0 aliphatic heterocycles. The first-order chi connectivity index (χ1) is 17.0. The van der Waals surface area contributed by atoms with E-state index < -0.39 is 16.1 Å². The fourth-order valence-corrected chi connectivity index (χ4v) is 5.23. The fourth-order valence-electron chi connectivity index (χ4n) is 3.76. The van der Waals surface area contributed by atoms with Gasteiger partial charge in [-0.3, -0.25) is 13.9 Å². The molecule has 0 saturated carbocycles. The number of carbonyl (C=O) groups excluding carboxylic acids is 2. The van der Waals surface area contributed by atoms with E-state index >= 15 is 0 Å². The average molecular weight is 557 g/mol. The summed E-state index contributed by atoms with van der Waals surface area (Å²) in [4.78, 5) is 27.6. The molecule has 10 heteroatoms. The summed E-state index contributed by atoms with van der Waals surface area (Å²) >= 11 is 12.7. The van der Waals surface area contributed by atoms with Crippen LogP contribution in [0.2, 0.25) is 10.0 Å². The Kier molecular flexibility index (Phi) is 11.5. The fraction of sp³-hybridized carbons (Fsp3) is 0.462. The summed E-state index contributed by atoms with van der Waals surface area (Å²) in [6, 6.07) is 11.5. The molecule has 0 aliphatic carbocycles. The van der Waals surface area contributed by atoms with Gasteiger partial charge >= 0.3 is 0 Å². The largest absolute Gasteiger partial charge is 0.354 e. The van der Waals surface area contributed by atoms with E-state index in [4.69, 9.17) is 23.2 Å². The van der Waals surface area contributed by atoms with E-state index in [1.165, 1.54) is 9.21 Å². The van der Waals surface area contributed by atoms with Crippen LogP contribution in [0.4, 0.5) is 5.69 Å². The number of sulfonamides is 1. The summed E-state index contributed by atoms with van der Waals surface area (Å²) in [5, 5.41) is 3.68. The molecule has 0 radical (unpaired) electrons. The number of rotatable bonds is 13. The van der Waals surface area contributed by atoms with Crippen molar-refractivity contribution in [2.24, 2.45) is 0 Å². The second-order valence-electron chi connectivity index (χ2n) is 8.82. The van der Waals surface area contributed by atoms with Crippen LogP contribution in [0.25, 0.3) is 0 Å². The zero-order valence-electron chi connectivity index (χ0n) is 21.3. The zero-order chi connectivity index (χ0) is 26.9. The molecular formula is C26H35Cl2N3O4S. The molecule has 0 saturated heterocycles. The quantitative estimate of drug-likeness (QED) is 0.345. The van der Waals surface area contributed by atoms with Crippen LogP contribution < -0.4 is 9.62 Å². The van der Waals surface area contributed by atoms with E-state index in [1.54, 1.807) is 43.3 Å². The van der Waals surface area contributed by atoms with Crippen molar-refractivity contribution < 1.29 is 18.0 Å². The summed E-state index contributed by atoms with van der Waals surface area (Å²) < 4.78 is 26.2. The normalized spacial score (nSPS) is 12.2. The van der Waals surface area contributed by atoms with Gasteiger partial charge in [-0.1, -0.05) is 54.7 Å². The van der Waals surface area contributed by atoms with Crippen molar-refractivity contribution in [2.75, 3.05) is 23.7 Å². The molecule has 36 heavy (non-hydrogen) atoms. The van der Waals surface area contributed by atoms with Crippen molar-refractivity contribution in [3.63, 3.8) is 0 Å². The minimum Gasteiger partial charge on any atom is -0.354 e. The first kappa shape index (κ1) is 29.9. The van der Waals surface area contributed by atoms with E-state index in [1.807, 2.05) is 19.9 Å². The van der Waals surface area contributed by atoms with Gasteiger partial charge in [0.2, 0.25) is 21.8 Å². The summed E-state index contributed by atoms with van der Waals surface area (Å²) in [6.45, 7) is 6.30. The van der Waals surface area contributed by atoms with E-state index in [2.05, 4.69) is 5.32 Å². The van der Waals surface area contributed by atoms with Gasteiger partial charge in [0.15, 0.2) is 0 Å². The summed E-state index contributed by atoms with van der Waals surface area (Å²) in [5.74, 6) is -0.556. The first-order valence-electron chi connectivity index (χ1n) is 12.0. The van der Waals surface area contributed by atoms with Gasteiger partial charge in [0.1, 0.15) is 6.04 Å². The van der Waals surface area contributed by atoms with Crippen molar-refractivity contribution in [2.45, 2.75) is 59.0 Å². The predicted octanol–water partition coefficient (Wildman–Crippen LogP) is 5.18. The zero-order valence-corrected chi connectivity index (χ0v) is 23.6. The lowest BCUT2D eigenvalue weighted by atomic mass is 10.1. The molecule has 1 atom stereocenters. The van der Waals surface area contributed by atoms with Crippen molar-refractivity contribution >= 4 is 50.7 Å². The highest BCUT2D eigenvalue weighted by Crippen LogP contribution is 2.27. The van der Waals surface area contributed by atoms with Crippen LogP contribution in [0.15, 0.2) is 42.5 Å². The van der Waals surface area contributed by atoms with Crippen molar-refractivity contribution in [1.82, 2.24) is 10.2 Å². The van der Waals surface area contributed by atoms with E-state index in [-0.39, 0.29) is 37.7 Å². The van der Waals surface area contributed by atoms with Gasteiger partial charge in [-0.15, -0.1) is 0 Å². The van der Waals surface area contributed by atoms with E-state index in [0.717, 1.165) is 24.7 Å². The molecule has 0 aliphatic rings. The maximum atomic E-state index is 13.4. The molecular weight excluding hydrogens is 521 g/mol. The number of halogens is 2. The Labute approximate surface area is 224 Å². The molecule has 0 heterocycles. The Balaban J connectivity index is 2.20. The Morgan fingerprint density at radius 1 is 1.06 bits per heavy atom. The number of nitrogens with one attached hydrogen (secondary N) is 1. The number of hydrogen-bond acceptors (Lipinski definition) is 4. The molecule has 0 aromatic heterocycles. The summed E-state index contributed by atoms with van der Waals surface area (Å²) in [7, 11) is -3.55. The lowest BCUT2D eigenvalue weighted by Gasteiger charge is -2.30. The number of unbranched alkanes of at least 4 members (excludes halogenated alkanes) is 1. The van der Waals surface area contributed by atoms with Gasteiger partial charge in [0, 0.05) is 41.7 Å². The standard InChI is InChI=1S/C26H35Cl2N3O4S/c1-5-6-15-29-26(33)20(3)30(18-22-23(27)12-8-13-24(22)28)25(32)14-9-16-31(36(4,34)35)21-11-7-10-19(2)17-21/h7-8,10-13,17,20H,5-6,9,14-16,18H2,1-4H3,(H,29,33)/t20-/m1/s1. The number of nitrogens with zero attached hydrogens (tertiary/aromatic N) is 2. The number of anilines is 1. The van der Waals surface area contributed by atoms with E-state index in [0.29, 0.717) is 27.8 Å². The summed E-state index contributed by atoms with van der Waals surface area (Å²) in [6.07, 6.45) is 3.24. The molecule has 2 rings (SSSR count). The van der Waals surface area contributed by atoms with Crippen LogP contribution in [-0.4, -0.2) is 50.5 Å². The maximum absolute atomic E-state index is 13.4. The highest BCUT2D eigenvalue weighted by Gasteiger charge is 2.27. The topological polar surface area (TPSA) is 86.8 Å². The van der Waals surface area contributed by atoms with Gasteiger partial charge in [0.05, 0.1) is 11.9 Å². The van der Waals surface area contributed by atoms with Gasteiger partial charge in [-0.05, 0) is 56.5 Å². The lowest BCUT2D eigenvalue weighted by molar-refractivity contribution is -0.140. The van der Waals surface area contributed by atoms with Gasteiger partial charge in [-0.25, -0.2) is 8.42 Å². The molecule has 2 aromatic rings. The second-order valence-corrected chi connectivity index (χ2v) is 11.5. The van der Waals surface area contributed by atoms with Gasteiger partial charge in [-0.2, -0.15) is 0 Å². The molecule has 0 bridgehead atoms. The number of aryl methyl sites for hydroxylation is 1. The highest BCUT2D eigenvalue weighted by atomic mass is 35.5. The lowest BCUT2D eigenvalue weighted by Crippen LogP contribution is -2.48. The SMILES string of the molecule is CCCCNC(=O)[C@@H](C)N(Cc1c(Cl)cccc1Cl)C(=O)CCCN(c1cccc(C)c1)S(C)(=O)=O. The summed E-state index contributed by atoms with van der Waals surface area (Å²) in [5.41, 5.74) is 2.04. The molecule has 0 unspecified atom stereocenters. The molecule has 0 fully saturated rings. The van der Waals surface area contributed by atoms with Gasteiger partial charge in [0.25, 0.3) is 0 Å². The number of carbonyl (C=O) groups is 2. The molecule has 2 aromatic carbocycles. The molecule has 1 N–H and O–H groups in total. The van der Waals surface area contributed by atoms with Crippen molar-refractivity contribution in [1.29, 1.82) is 0 Å². The predicted molar refractivity (Wildman–Crippen MR) is 147 cm³/mol. The third-order valence-electron chi connectivity index (χ3n) is 5.83. The van der Waals surface area contributed by atoms with Gasteiger partial charge < -0.3 is 10.2 Å². The Morgan fingerprint density at radius 2 is 1.69 bits per heavy atom. The third-order valence-corrected chi connectivity index (χ3v) is 7.73. The third kappa shape index (κ3) is 8.68. The average Bonchev–Trinajstić information content (AvgIpc) is 2.80. The number of hydrogen-bond donors (Lipinski definition) is 1. The molecule has 0 spiro atoms. The maximum Gasteiger partial charge on any atom is 0.242 e. The highest BCUT2D eigenvalue weighted by molar-refractivity contribution is 7.92. The van der Waals surface area contributed by atoms with Crippen LogP contribution in [0.1, 0.15) is 50.7 Å². The minimum atomic E-state index is -3.55. The van der Waals surface area contributed by atoms with E-state index in [9.17, 15) is 18.0 Å². The van der Waals surface area contributed by atoms with Crippen LogP contribution in [0, 0.1) is 6.92 Å². The molecule has 198 valence electrons. The van der Waals surface area contributed by atoms with Crippen LogP contribution >= 0.6 is 23.2 Å². The number of benzene rings is 2. The molecule has 7 nitrogen and oxygen atoms in total. The first-order valence-corrected chi connectivity index (χ1v) is 14.6. The van der Waals surface area contributed by atoms with Crippen LogP contribution in [-0.2, 0) is 26.2 Å². The van der Waals surface area contributed by atoms with Crippen molar-refractivity contribution in [3.05, 3.63) is 63.6 Å². The second kappa shape index (κ2) is 13.9. The van der Waals surface area contributed by atoms with Crippen molar-refractivity contribution in [3.8, 4) is 0 Å². The Hall–Kier alpha value is -2.29. The minimum absolute atomic E-state index is 0.0481.